The fourth-order valence-corrected chi connectivity index (χ4v) is 4.78. The molecule has 0 unspecified atom stereocenters. The summed E-state index contributed by atoms with van der Waals surface area (Å²) in [6.07, 6.45) is 2.26. The quantitative estimate of drug-likeness (QED) is 0.392. The Morgan fingerprint density at radius 3 is 2.69 bits per heavy atom. The standard InChI is InChI=1S/C21H17IN2O4S/c1-3-14-17(20(26)27-2)18(12-7-5-4-6-8-12)24-19(25)15(29-21(24)23-14)11-13-9-10-16(22)28-13/h4-11,18H,3H2,1-2H3/b15-11-/t18-/m1/s1. The third kappa shape index (κ3) is 3.62. The molecular weight excluding hydrogens is 503 g/mol. The van der Waals surface area contributed by atoms with E-state index in [9.17, 15) is 9.59 Å². The van der Waals surface area contributed by atoms with Gasteiger partial charge in [-0.25, -0.2) is 9.79 Å². The van der Waals surface area contributed by atoms with Crippen LogP contribution in [0.4, 0.5) is 0 Å². The number of ether oxygens (including phenoxy) is 1. The van der Waals surface area contributed by atoms with Crippen LogP contribution in [0.15, 0.2) is 67.9 Å². The third-order valence-corrected chi connectivity index (χ3v) is 6.20. The molecule has 0 saturated carbocycles. The Balaban J connectivity index is 2.01. The highest BCUT2D eigenvalue weighted by Gasteiger charge is 2.33. The summed E-state index contributed by atoms with van der Waals surface area (Å²) in [6, 6.07) is 12.5. The van der Waals surface area contributed by atoms with E-state index in [-0.39, 0.29) is 5.56 Å². The second-order valence-corrected chi connectivity index (χ2v) is 8.41. The van der Waals surface area contributed by atoms with Gasteiger partial charge in [0.1, 0.15) is 5.76 Å². The number of rotatable bonds is 4. The minimum Gasteiger partial charge on any atom is -0.466 e. The molecule has 1 atom stereocenters. The number of methoxy groups -OCH3 is 1. The topological polar surface area (TPSA) is 73.8 Å². The Bertz CT molecular complexity index is 1280. The Morgan fingerprint density at radius 1 is 1.31 bits per heavy atom. The van der Waals surface area contributed by atoms with Gasteiger partial charge in [-0.3, -0.25) is 9.36 Å². The molecule has 1 aromatic carbocycles. The zero-order valence-corrected chi connectivity index (χ0v) is 18.7. The van der Waals surface area contributed by atoms with Crippen LogP contribution in [0.1, 0.15) is 30.7 Å². The van der Waals surface area contributed by atoms with E-state index < -0.39 is 12.0 Å². The van der Waals surface area contributed by atoms with Crippen LogP contribution in [0.5, 0.6) is 0 Å². The first-order valence-electron chi connectivity index (χ1n) is 8.97. The Hall–Kier alpha value is -2.46. The van der Waals surface area contributed by atoms with Crippen molar-refractivity contribution in [2.24, 2.45) is 4.99 Å². The monoisotopic (exact) mass is 520 g/mol. The molecule has 0 amide bonds. The van der Waals surface area contributed by atoms with Gasteiger partial charge in [-0.1, -0.05) is 48.6 Å². The predicted molar refractivity (Wildman–Crippen MR) is 118 cm³/mol. The van der Waals surface area contributed by atoms with Crippen molar-refractivity contribution in [2.75, 3.05) is 7.11 Å². The van der Waals surface area contributed by atoms with Crippen molar-refractivity contribution < 1.29 is 13.9 Å². The second kappa shape index (κ2) is 8.11. The largest absolute Gasteiger partial charge is 0.466 e. The molecule has 3 aromatic rings. The van der Waals surface area contributed by atoms with Crippen molar-refractivity contribution in [2.45, 2.75) is 19.4 Å². The number of carbonyl (C=O) groups is 1. The molecular formula is C21H17IN2O4S. The van der Waals surface area contributed by atoms with Gasteiger partial charge >= 0.3 is 5.97 Å². The molecule has 8 heteroatoms. The van der Waals surface area contributed by atoms with Gasteiger partial charge in [0, 0.05) is 6.08 Å². The maximum atomic E-state index is 13.3. The van der Waals surface area contributed by atoms with Crippen molar-refractivity contribution in [1.82, 2.24) is 4.57 Å². The van der Waals surface area contributed by atoms with Crippen LogP contribution in [0.25, 0.3) is 6.08 Å². The molecule has 0 fully saturated rings. The number of furan rings is 1. The highest BCUT2D eigenvalue weighted by molar-refractivity contribution is 14.1. The van der Waals surface area contributed by atoms with E-state index in [1.165, 1.54) is 18.4 Å². The number of hydrogen-bond donors (Lipinski definition) is 0. The van der Waals surface area contributed by atoms with Gasteiger partial charge in [0.2, 0.25) is 0 Å². The Labute approximate surface area is 184 Å². The van der Waals surface area contributed by atoms with Crippen molar-refractivity contribution >= 4 is 46.0 Å². The molecule has 4 rings (SSSR count). The van der Waals surface area contributed by atoms with Gasteiger partial charge in [-0.15, -0.1) is 0 Å². The van der Waals surface area contributed by atoms with E-state index in [4.69, 9.17) is 9.15 Å². The molecule has 1 aliphatic heterocycles. The number of esters is 1. The molecule has 0 spiro atoms. The first-order valence-corrected chi connectivity index (χ1v) is 10.9. The summed E-state index contributed by atoms with van der Waals surface area (Å²) in [5, 5.41) is 0. The van der Waals surface area contributed by atoms with Crippen LogP contribution >= 0.6 is 33.9 Å². The van der Waals surface area contributed by atoms with Gasteiger partial charge in [0.15, 0.2) is 8.57 Å². The highest BCUT2D eigenvalue weighted by atomic mass is 127. The highest BCUT2D eigenvalue weighted by Crippen LogP contribution is 2.31. The molecule has 0 aliphatic carbocycles. The fourth-order valence-electron chi connectivity index (χ4n) is 3.35. The number of hydrogen-bond acceptors (Lipinski definition) is 6. The average molecular weight is 520 g/mol. The van der Waals surface area contributed by atoms with E-state index in [2.05, 4.69) is 27.6 Å². The molecule has 0 saturated heterocycles. The lowest BCUT2D eigenvalue weighted by atomic mass is 9.95. The summed E-state index contributed by atoms with van der Waals surface area (Å²) >= 11 is 3.36. The molecule has 29 heavy (non-hydrogen) atoms. The minimum atomic E-state index is -0.589. The maximum absolute atomic E-state index is 13.3. The van der Waals surface area contributed by atoms with E-state index in [1.54, 1.807) is 10.6 Å². The average Bonchev–Trinajstić information content (AvgIpc) is 3.29. The second-order valence-electron chi connectivity index (χ2n) is 6.34. The van der Waals surface area contributed by atoms with E-state index in [1.807, 2.05) is 49.4 Å². The molecule has 0 N–H and O–H groups in total. The summed E-state index contributed by atoms with van der Waals surface area (Å²) in [4.78, 5) is 31.2. The normalized spacial score (nSPS) is 16.5. The fraction of sp³-hybridized carbons (Fsp3) is 0.190. The number of thiazole rings is 1. The van der Waals surface area contributed by atoms with E-state index in [0.717, 1.165) is 9.33 Å². The van der Waals surface area contributed by atoms with Crippen molar-refractivity contribution in [3.63, 3.8) is 0 Å². The first-order chi connectivity index (χ1) is 14.0. The molecule has 3 heterocycles. The van der Waals surface area contributed by atoms with E-state index >= 15 is 0 Å². The Morgan fingerprint density at radius 2 is 2.07 bits per heavy atom. The van der Waals surface area contributed by atoms with Gasteiger partial charge in [-0.2, -0.15) is 0 Å². The van der Waals surface area contributed by atoms with Crippen LogP contribution < -0.4 is 14.9 Å². The van der Waals surface area contributed by atoms with Crippen LogP contribution in [0.3, 0.4) is 0 Å². The van der Waals surface area contributed by atoms with Crippen LogP contribution in [0.2, 0.25) is 0 Å². The van der Waals surface area contributed by atoms with E-state index in [0.29, 0.717) is 32.8 Å². The Kier molecular flexibility index (Phi) is 5.55. The van der Waals surface area contributed by atoms with Crippen molar-refractivity contribution in [3.8, 4) is 0 Å². The summed E-state index contributed by atoms with van der Waals surface area (Å²) in [5.74, 6) is 0.119. The number of aromatic nitrogens is 1. The lowest BCUT2D eigenvalue weighted by molar-refractivity contribution is -0.136. The molecule has 6 nitrogen and oxygen atoms in total. The number of fused-ring (bicyclic) bond motifs is 1. The zero-order valence-electron chi connectivity index (χ0n) is 15.7. The summed E-state index contributed by atoms with van der Waals surface area (Å²) < 4.78 is 13.4. The van der Waals surface area contributed by atoms with Gasteiger partial charge < -0.3 is 9.15 Å². The third-order valence-electron chi connectivity index (χ3n) is 4.63. The smallest absolute Gasteiger partial charge is 0.338 e. The maximum Gasteiger partial charge on any atom is 0.338 e. The number of halogens is 1. The van der Waals surface area contributed by atoms with Crippen LogP contribution in [0, 0.1) is 3.77 Å². The van der Waals surface area contributed by atoms with Gasteiger partial charge in [0.05, 0.1) is 29.0 Å². The summed E-state index contributed by atoms with van der Waals surface area (Å²) in [7, 11) is 1.34. The molecule has 2 aromatic heterocycles. The summed E-state index contributed by atoms with van der Waals surface area (Å²) in [6.45, 7) is 1.93. The van der Waals surface area contributed by atoms with Gasteiger partial charge in [-0.05, 0) is 46.7 Å². The van der Waals surface area contributed by atoms with Crippen molar-refractivity contribution in [1.29, 1.82) is 0 Å². The minimum absolute atomic E-state index is 0.217. The number of carbonyl (C=O) groups excluding carboxylic acids is 1. The predicted octanol–water partition coefficient (Wildman–Crippen LogP) is 3.00. The van der Waals surface area contributed by atoms with Crippen LogP contribution in [-0.4, -0.2) is 17.6 Å². The molecule has 1 aliphatic rings. The number of allylic oxidation sites excluding steroid dienone is 1. The SMILES string of the molecule is CCC1=C(C(=O)OC)[C@@H](c2ccccc2)n2c(s/c(=C\c3ccc(I)o3)c2=O)=N1. The summed E-state index contributed by atoms with van der Waals surface area (Å²) in [5.41, 5.74) is 1.64. The van der Waals surface area contributed by atoms with Crippen LogP contribution in [-0.2, 0) is 9.53 Å². The molecule has 0 radical (unpaired) electrons. The zero-order chi connectivity index (χ0) is 20.5. The van der Waals surface area contributed by atoms with Crippen molar-refractivity contribution in [3.05, 3.63) is 88.5 Å². The molecule has 0 bridgehead atoms. The lowest BCUT2D eigenvalue weighted by Gasteiger charge is -2.25. The number of nitrogens with zero attached hydrogens (tertiary/aromatic N) is 2. The number of benzene rings is 1. The first kappa shape index (κ1) is 19.8. The molecule has 148 valence electrons. The van der Waals surface area contributed by atoms with Gasteiger partial charge in [0.25, 0.3) is 5.56 Å². The lowest BCUT2D eigenvalue weighted by Crippen LogP contribution is -2.40.